The van der Waals surface area contributed by atoms with Crippen molar-refractivity contribution in [3.8, 4) is 0 Å². The molecule has 182 valence electrons. The third kappa shape index (κ3) is 6.10. The second kappa shape index (κ2) is 9.03. The van der Waals surface area contributed by atoms with Gasteiger partial charge in [0.05, 0.1) is 20.8 Å². The number of halogens is 8. The summed E-state index contributed by atoms with van der Waals surface area (Å²) in [6.07, 6.45) is -10.8. The first-order chi connectivity index (χ1) is 14.9. The molecule has 0 saturated carbocycles. The highest BCUT2D eigenvalue weighted by atomic mass is 32.2. The van der Waals surface area contributed by atoms with Crippen LogP contribution >= 0.6 is 0 Å². The van der Waals surface area contributed by atoms with E-state index in [4.69, 9.17) is 0 Å². The van der Waals surface area contributed by atoms with Crippen LogP contribution in [0.25, 0.3) is 0 Å². The first kappa shape index (κ1) is 26.7. The molecule has 0 bridgehead atoms. The molecular formula is C21H18F8O3S. The molecule has 0 fully saturated rings. The van der Waals surface area contributed by atoms with E-state index in [1.54, 1.807) is 0 Å². The first-order valence-electron chi connectivity index (χ1n) is 9.38. The van der Waals surface area contributed by atoms with Crippen molar-refractivity contribution in [1.29, 1.82) is 0 Å². The molecule has 2 aromatic carbocycles. The summed E-state index contributed by atoms with van der Waals surface area (Å²) in [5.74, 6) is -3.76. The van der Waals surface area contributed by atoms with Crippen LogP contribution in [0.2, 0.25) is 0 Å². The third-order valence-corrected chi connectivity index (χ3v) is 7.53. The molecule has 0 heterocycles. The maximum atomic E-state index is 13.7. The lowest BCUT2D eigenvalue weighted by atomic mass is 9.99. The van der Waals surface area contributed by atoms with Gasteiger partial charge in [0.1, 0.15) is 11.6 Å². The normalized spacial score (nSPS) is 13.3. The lowest BCUT2D eigenvalue weighted by Gasteiger charge is -2.25. The summed E-state index contributed by atoms with van der Waals surface area (Å²) in [5.41, 5.74) is -3.53. The van der Waals surface area contributed by atoms with Crippen molar-refractivity contribution in [3.63, 3.8) is 0 Å². The van der Waals surface area contributed by atoms with Crippen LogP contribution in [0.15, 0.2) is 41.3 Å². The summed E-state index contributed by atoms with van der Waals surface area (Å²) in [5, 5.41) is 0. The van der Waals surface area contributed by atoms with Gasteiger partial charge in [-0.05, 0) is 63.1 Å². The SMILES string of the molecule is CC(C)(CCCC(=O)c1ccc(F)c(C(F)(F)F)c1)S(=O)(=O)c1cc(F)cc(C(F)(F)F)c1. The quantitative estimate of drug-likeness (QED) is 0.316. The van der Waals surface area contributed by atoms with Gasteiger partial charge in [0, 0.05) is 12.0 Å². The molecule has 33 heavy (non-hydrogen) atoms. The second-order valence-corrected chi connectivity index (χ2v) is 10.5. The number of benzene rings is 2. The molecule has 0 aliphatic rings. The Morgan fingerprint density at radius 1 is 0.879 bits per heavy atom. The van der Waals surface area contributed by atoms with Gasteiger partial charge in [0.25, 0.3) is 0 Å². The monoisotopic (exact) mass is 502 g/mol. The van der Waals surface area contributed by atoms with E-state index in [9.17, 15) is 48.3 Å². The number of hydrogen-bond acceptors (Lipinski definition) is 3. The summed E-state index contributed by atoms with van der Waals surface area (Å²) in [4.78, 5) is 11.3. The fourth-order valence-electron chi connectivity index (χ4n) is 3.07. The van der Waals surface area contributed by atoms with Crippen molar-refractivity contribution in [2.24, 2.45) is 0 Å². The predicted octanol–water partition coefficient (Wildman–Crippen LogP) is 6.61. The van der Waals surface area contributed by atoms with Crippen molar-refractivity contribution in [1.82, 2.24) is 0 Å². The molecule has 0 aliphatic carbocycles. The molecule has 0 N–H and O–H groups in total. The minimum atomic E-state index is -5.02. The molecule has 0 amide bonds. The smallest absolute Gasteiger partial charge is 0.294 e. The van der Waals surface area contributed by atoms with Gasteiger partial charge in [0.2, 0.25) is 0 Å². The van der Waals surface area contributed by atoms with Crippen LogP contribution in [0.5, 0.6) is 0 Å². The standard InChI is InChI=1S/C21H18F8O3S/c1-19(2,33(31,32)15-10-13(20(24,25)26)9-14(22)11-15)7-3-4-18(30)12-5-6-17(23)16(8-12)21(27,28)29/h5-6,8-11H,3-4,7H2,1-2H3. The average Bonchev–Trinajstić information content (AvgIpc) is 2.65. The lowest BCUT2D eigenvalue weighted by molar-refractivity contribution is -0.140. The van der Waals surface area contributed by atoms with E-state index < -0.39 is 72.4 Å². The fraction of sp³-hybridized carbons (Fsp3) is 0.381. The van der Waals surface area contributed by atoms with Gasteiger partial charge in [-0.3, -0.25) is 4.79 Å². The van der Waals surface area contributed by atoms with E-state index >= 15 is 0 Å². The number of alkyl halides is 6. The average molecular weight is 502 g/mol. The minimum Gasteiger partial charge on any atom is -0.294 e. The van der Waals surface area contributed by atoms with Crippen LogP contribution in [0.1, 0.15) is 54.6 Å². The van der Waals surface area contributed by atoms with Crippen molar-refractivity contribution in [3.05, 3.63) is 64.7 Å². The Kier molecular flexibility index (Phi) is 7.32. The van der Waals surface area contributed by atoms with E-state index in [1.807, 2.05) is 0 Å². The highest BCUT2D eigenvalue weighted by molar-refractivity contribution is 7.92. The van der Waals surface area contributed by atoms with Gasteiger partial charge >= 0.3 is 12.4 Å². The highest BCUT2D eigenvalue weighted by Gasteiger charge is 2.39. The van der Waals surface area contributed by atoms with Gasteiger partial charge in [-0.2, -0.15) is 26.3 Å². The van der Waals surface area contributed by atoms with E-state index in [-0.39, 0.29) is 18.9 Å². The van der Waals surface area contributed by atoms with Crippen molar-refractivity contribution < 1.29 is 48.3 Å². The molecule has 2 aromatic rings. The van der Waals surface area contributed by atoms with Crippen LogP contribution in [0, 0.1) is 11.6 Å². The molecule has 3 nitrogen and oxygen atoms in total. The molecular weight excluding hydrogens is 484 g/mol. The van der Waals surface area contributed by atoms with Gasteiger partial charge in [-0.15, -0.1) is 0 Å². The van der Waals surface area contributed by atoms with Crippen LogP contribution in [0.4, 0.5) is 35.1 Å². The molecule has 0 unspecified atom stereocenters. The molecule has 0 aliphatic heterocycles. The van der Waals surface area contributed by atoms with Crippen LogP contribution in [0.3, 0.4) is 0 Å². The summed E-state index contributed by atoms with van der Waals surface area (Å²) >= 11 is 0. The number of hydrogen-bond donors (Lipinski definition) is 0. The Balaban J connectivity index is 2.19. The zero-order chi connectivity index (χ0) is 25.4. The summed E-state index contributed by atoms with van der Waals surface area (Å²) < 4.78 is 128. The predicted molar refractivity (Wildman–Crippen MR) is 102 cm³/mol. The number of carbonyl (C=O) groups excluding carboxylic acids is 1. The maximum Gasteiger partial charge on any atom is 0.419 e. The molecule has 0 spiro atoms. The summed E-state index contributed by atoms with van der Waals surface area (Å²) in [7, 11) is -4.49. The zero-order valence-electron chi connectivity index (χ0n) is 17.2. The van der Waals surface area contributed by atoms with E-state index in [0.717, 1.165) is 6.07 Å². The molecule has 0 saturated heterocycles. The van der Waals surface area contributed by atoms with Crippen LogP contribution in [-0.2, 0) is 22.2 Å². The lowest BCUT2D eigenvalue weighted by Crippen LogP contribution is -2.32. The Morgan fingerprint density at radius 2 is 1.48 bits per heavy atom. The van der Waals surface area contributed by atoms with E-state index in [1.165, 1.54) is 13.8 Å². The number of sulfone groups is 1. The molecule has 2 rings (SSSR count). The number of Topliss-reactive ketones (excluding diaryl/α,β-unsaturated/α-hetero) is 1. The van der Waals surface area contributed by atoms with Gasteiger partial charge in [-0.25, -0.2) is 17.2 Å². The Bertz CT molecular complexity index is 1150. The van der Waals surface area contributed by atoms with Crippen LogP contribution in [-0.4, -0.2) is 18.9 Å². The third-order valence-electron chi connectivity index (χ3n) is 5.01. The van der Waals surface area contributed by atoms with E-state index in [2.05, 4.69) is 0 Å². The van der Waals surface area contributed by atoms with E-state index in [0.29, 0.717) is 24.3 Å². The maximum absolute atomic E-state index is 13.7. The molecule has 0 radical (unpaired) electrons. The number of rotatable bonds is 7. The zero-order valence-corrected chi connectivity index (χ0v) is 18.1. The Hall–Kier alpha value is -2.50. The molecule has 0 aromatic heterocycles. The Morgan fingerprint density at radius 3 is 2.03 bits per heavy atom. The Labute approximate surface area is 184 Å². The van der Waals surface area contributed by atoms with Crippen LogP contribution < -0.4 is 0 Å². The van der Waals surface area contributed by atoms with Gasteiger partial charge < -0.3 is 0 Å². The number of carbonyl (C=O) groups is 1. The van der Waals surface area contributed by atoms with Crippen molar-refractivity contribution in [2.75, 3.05) is 0 Å². The van der Waals surface area contributed by atoms with Crippen molar-refractivity contribution >= 4 is 15.6 Å². The number of ketones is 1. The highest BCUT2D eigenvalue weighted by Crippen LogP contribution is 2.36. The minimum absolute atomic E-state index is 0.155. The van der Waals surface area contributed by atoms with Gasteiger partial charge in [-0.1, -0.05) is 0 Å². The fourth-order valence-corrected chi connectivity index (χ4v) is 4.67. The molecule has 12 heteroatoms. The topological polar surface area (TPSA) is 51.2 Å². The molecule has 0 atom stereocenters. The largest absolute Gasteiger partial charge is 0.419 e. The first-order valence-corrected chi connectivity index (χ1v) is 10.9. The van der Waals surface area contributed by atoms with Gasteiger partial charge in [0.15, 0.2) is 15.6 Å². The second-order valence-electron chi connectivity index (χ2n) is 7.91. The van der Waals surface area contributed by atoms with Crippen molar-refractivity contribution in [2.45, 2.75) is 55.1 Å². The summed E-state index contributed by atoms with van der Waals surface area (Å²) in [6, 6.07) is 2.62. The summed E-state index contributed by atoms with van der Waals surface area (Å²) in [6.45, 7) is 2.34.